The minimum atomic E-state index is -0.293. The first kappa shape index (κ1) is 16.7. The Morgan fingerprint density at radius 2 is 2.00 bits per heavy atom. The van der Waals surface area contributed by atoms with Crippen molar-refractivity contribution in [1.82, 2.24) is 10.2 Å². The second-order valence-corrected chi connectivity index (χ2v) is 5.10. The molecule has 0 bridgehead atoms. The molecule has 3 nitrogen and oxygen atoms in total. The van der Waals surface area contributed by atoms with Gasteiger partial charge in [0.25, 0.3) is 0 Å². The number of piperazine rings is 1. The number of amides is 1. The Labute approximate surface area is 125 Å². The second kappa shape index (κ2) is 7.41. The van der Waals surface area contributed by atoms with Gasteiger partial charge in [0.15, 0.2) is 0 Å². The standard InChI is InChI=1S/C15H19FN2O.ClH/c1-11-9-18(10-12(2)17-11)15(19)7-6-13-4-3-5-14(16)8-13;/h3-8,11-12,17H,9-10H2,1-2H3;1H/b7-6+;. The van der Waals surface area contributed by atoms with Crippen molar-refractivity contribution in [3.8, 4) is 0 Å². The Morgan fingerprint density at radius 1 is 1.35 bits per heavy atom. The van der Waals surface area contributed by atoms with E-state index in [4.69, 9.17) is 0 Å². The van der Waals surface area contributed by atoms with E-state index in [1.165, 1.54) is 18.2 Å². The Morgan fingerprint density at radius 3 is 2.60 bits per heavy atom. The maximum atomic E-state index is 13.0. The molecule has 1 amide bonds. The number of halogens is 2. The highest BCUT2D eigenvalue weighted by atomic mass is 35.5. The van der Waals surface area contributed by atoms with E-state index in [0.29, 0.717) is 30.7 Å². The van der Waals surface area contributed by atoms with Crippen LogP contribution in [0.1, 0.15) is 19.4 Å². The van der Waals surface area contributed by atoms with Crippen LogP contribution in [0.2, 0.25) is 0 Å². The Kier molecular flexibility index (Phi) is 6.17. The quantitative estimate of drug-likeness (QED) is 0.851. The summed E-state index contributed by atoms with van der Waals surface area (Å²) in [5.74, 6) is -0.316. The fraction of sp³-hybridized carbons (Fsp3) is 0.400. The first-order valence-electron chi connectivity index (χ1n) is 6.53. The molecule has 2 rings (SSSR count). The van der Waals surface area contributed by atoms with E-state index in [2.05, 4.69) is 19.2 Å². The lowest BCUT2D eigenvalue weighted by atomic mass is 10.1. The number of carbonyl (C=O) groups is 1. The molecule has 1 aliphatic heterocycles. The van der Waals surface area contributed by atoms with Crippen LogP contribution in [-0.4, -0.2) is 36.0 Å². The third kappa shape index (κ3) is 4.62. The highest BCUT2D eigenvalue weighted by Crippen LogP contribution is 2.08. The molecule has 1 fully saturated rings. The first-order valence-corrected chi connectivity index (χ1v) is 6.53. The van der Waals surface area contributed by atoms with Crippen LogP contribution in [0.15, 0.2) is 30.3 Å². The summed E-state index contributed by atoms with van der Waals surface area (Å²) in [6.07, 6.45) is 3.17. The van der Waals surface area contributed by atoms with E-state index < -0.39 is 0 Å². The maximum absolute atomic E-state index is 13.0. The Hall–Kier alpha value is -1.39. The fourth-order valence-electron chi connectivity index (χ4n) is 2.39. The van der Waals surface area contributed by atoms with Crippen molar-refractivity contribution in [3.05, 3.63) is 41.7 Å². The molecule has 0 aromatic heterocycles. The molecule has 110 valence electrons. The molecular weight excluding hydrogens is 279 g/mol. The number of nitrogens with one attached hydrogen (secondary N) is 1. The van der Waals surface area contributed by atoms with Gasteiger partial charge < -0.3 is 10.2 Å². The predicted molar refractivity (Wildman–Crippen MR) is 81.3 cm³/mol. The van der Waals surface area contributed by atoms with E-state index in [1.54, 1.807) is 18.2 Å². The summed E-state index contributed by atoms with van der Waals surface area (Å²) < 4.78 is 13.0. The number of carbonyl (C=O) groups excluding carboxylic acids is 1. The van der Waals surface area contributed by atoms with Crippen molar-refractivity contribution in [1.29, 1.82) is 0 Å². The van der Waals surface area contributed by atoms with Gasteiger partial charge in [-0.2, -0.15) is 0 Å². The minimum absolute atomic E-state index is 0. The van der Waals surface area contributed by atoms with Gasteiger partial charge in [0, 0.05) is 31.2 Å². The van der Waals surface area contributed by atoms with Crippen LogP contribution in [0.5, 0.6) is 0 Å². The maximum Gasteiger partial charge on any atom is 0.246 e. The van der Waals surface area contributed by atoms with Crippen LogP contribution in [0.25, 0.3) is 6.08 Å². The van der Waals surface area contributed by atoms with E-state index >= 15 is 0 Å². The van der Waals surface area contributed by atoms with Gasteiger partial charge in [-0.1, -0.05) is 12.1 Å². The molecule has 1 saturated heterocycles. The van der Waals surface area contributed by atoms with Crippen LogP contribution in [0, 0.1) is 5.82 Å². The van der Waals surface area contributed by atoms with Crippen molar-refractivity contribution in [2.45, 2.75) is 25.9 Å². The van der Waals surface area contributed by atoms with Crippen LogP contribution in [0.3, 0.4) is 0 Å². The normalized spacial score (nSPS) is 22.6. The van der Waals surface area contributed by atoms with Crippen LogP contribution in [-0.2, 0) is 4.79 Å². The van der Waals surface area contributed by atoms with Crippen LogP contribution in [0.4, 0.5) is 4.39 Å². The molecule has 0 radical (unpaired) electrons. The van der Waals surface area contributed by atoms with E-state index in [9.17, 15) is 9.18 Å². The molecule has 1 aromatic carbocycles. The molecule has 5 heteroatoms. The summed E-state index contributed by atoms with van der Waals surface area (Å²) >= 11 is 0. The summed E-state index contributed by atoms with van der Waals surface area (Å²) in [6.45, 7) is 5.53. The largest absolute Gasteiger partial charge is 0.336 e. The lowest BCUT2D eigenvalue weighted by Gasteiger charge is -2.35. The molecule has 20 heavy (non-hydrogen) atoms. The molecule has 0 spiro atoms. The second-order valence-electron chi connectivity index (χ2n) is 5.10. The minimum Gasteiger partial charge on any atom is -0.336 e. The van der Waals surface area contributed by atoms with Crippen molar-refractivity contribution in [3.63, 3.8) is 0 Å². The molecule has 2 unspecified atom stereocenters. The monoisotopic (exact) mass is 298 g/mol. The van der Waals surface area contributed by atoms with Gasteiger partial charge in [0.05, 0.1) is 0 Å². The van der Waals surface area contributed by atoms with E-state index in [-0.39, 0.29) is 24.1 Å². The van der Waals surface area contributed by atoms with Gasteiger partial charge in [-0.25, -0.2) is 4.39 Å². The molecule has 0 aliphatic carbocycles. The molecule has 1 heterocycles. The average Bonchev–Trinajstić information content (AvgIpc) is 2.35. The first-order chi connectivity index (χ1) is 9.04. The van der Waals surface area contributed by atoms with Gasteiger partial charge >= 0.3 is 0 Å². The summed E-state index contributed by atoms with van der Waals surface area (Å²) in [6, 6.07) is 6.81. The third-order valence-electron chi connectivity index (χ3n) is 3.14. The van der Waals surface area contributed by atoms with Crippen LogP contribution >= 0.6 is 12.4 Å². The van der Waals surface area contributed by atoms with E-state index in [1.807, 2.05) is 4.90 Å². The van der Waals surface area contributed by atoms with Gasteiger partial charge in [0.1, 0.15) is 5.82 Å². The third-order valence-corrected chi connectivity index (χ3v) is 3.14. The topological polar surface area (TPSA) is 32.3 Å². The zero-order valence-corrected chi connectivity index (χ0v) is 12.5. The van der Waals surface area contributed by atoms with Gasteiger partial charge in [-0.05, 0) is 37.6 Å². The fourth-order valence-corrected chi connectivity index (χ4v) is 2.39. The summed E-state index contributed by atoms with van der Waals surface area (Å²) in [4.78, 5) is 13.9. The van der Waals surface area contributed by atoms with Crippen LogP contribution < -0.4 is 5.32 Å². The molecule has 1 aromatic rings. The highest BCUT2D eigenvalue weighted by Gasteiger charge is 2.23. The lowest BCUT2D eigenvalue weighted by molar-refractivity contribution is -0.127. The summed E-state index contributed by atoms with van der Waals surface area (Å²) in [5.41, 5.74) is 0.699. The predicted octanol–water partition coefficient (Wildman–Crippen LogP) is 2.47. The molecular formula is C15H20ClFN2O. The summed E-state index contributed by atoms with van der Waals surface area (Å²) in [5, 5.41) is 3.38. The Bertz CT molecular complexity index is 483. The van der Waals surface area contributed by atoms with E-state index in [0.717, 1.165) is 0 Å². The van der Waals surface area contributed by atoms with Crippen molar-refractivity contribution >= 4 is 24.4 Å². The lowest BCUT2D eigenvalue weighted by Crippen LogP contribution is -2.55. The number of nitrogens with zero attached hydrogens (tertiary/aromatic N) is 1. The van der Waals surface area contributed by atoms with Gasteiger partial charge in [-0.3, -0.25) is 4.79 Å². The summed E-state index contributed by atoms with van der Waals surface area (Å²) in [7, 11) is 0. The number of rotatable bonds is 2. The average molecular weight is 299 g/mol. The van der Waals surface area contributed by atoms with Crippen molar-refractivity contribution < 1.29 is 9.18 Å². The Balaban J connectivity index is 0.00000200. The van der Waals surface area contributed by atoms with Gasteiger partial charge in [0.2, 0.25) is 5.91 Å². The number of hydrogen-bond acceptors (Lipinski definition) is 2. The SMILES string of the molecule is CC1CN(C(=O)/C=C/c2cccc(F)c2)CC(C)N1.Cl. The number of benzene rings is 1. The molecule has 1 N–H and O–H groups in total. The smallest absolute Gasteiger partial charge is 0.246 e. The zero-order valence-electron chi connectivity index (χ0n) is 11.7. The number of hydrogen-bond donors (Lipinski definition) is 1. The molecule has 1 aliphatic rings. The van der Waals surface area contributed by atoms with Gasteiger partial charge in [-0.15, -0.1) is 12.4 Å². The highest BCUT2D eigenvalue weighted by molar-refractivity contribution is 5.91. The molecule has 2 atom stereocenters. The van der Waals surface area contributed by atoms with Crippen molar-refractivity contribution in [2.75, 3.05) is 13.1 Å². The molecule has 0 saturated carbocycles. The van der Waals surface area contributed by atoms with Crippen molar-refractivity contribution in [2.24, 2.45) is 0 Å². The zero-order chi connectivity index (χ0) is 13.8.